The summed E-state index contributed by atoms with van der Waals surface area (Å²) in [6, 6.07) is 21.3. The zero-order valence-corrected chi connectivity index (χ0v) is 21.4. The predicted octanol–water partition coefficient (Wildman–Crippen LogP) is 6.74. The summed E-state index contributed by atoms with van der Waals surface area (Å²) in [6.45, 7) is 0. The smallest absolute Gasteiger partial charge is 0.354 e. The van der Waals surface area contributed by atoms with Gasteiger partial charge in [-0.1, -0.05) is 41.8 Å². The van der Waals surface area contributed by atoms with Gasteiger partial charge >= 0.3 is 5.97 Å². The number of fused-ring (bicyclic) bond motifs is 6. The summed E-state index contributed by atoms with van der Waals surface area (Å²) in [5, 5.41) is 8.03. The van der Waals surface area contributed by atoms with Crippen molar-refractivity contribution in [3.05, 3.63) is 114 Å². The monoisotopic (exact) mass is 693 g/mol. The average molecular weight is 693 g/mol. The largest absolute Gasteiger partial charge is 0.477 e. The number of pyridine rings is 1. The van der Waals surface area contributed by atoms with E-state index in [4.69, 9.17) is 5.11 Å². The van der Waals surface area contributed by atoms with Crippen molar-refractivity contribution in [3.63, 3.8) is 0 Å². The van der Waals surface area contributed by atoms with Gasteiger partial charge in [0.1, 0.15) is 5.69 Å². The van der Waals surface area contributed by atoms with E-state index in [1.165, 1.54) is 24.5 Å². The molecule has 10 heteroatoms. The van der Waals surface area contributed by atoms with Crippen molar-refractivity contribution in [2.75, 3.05) is 0 Å². The molecule has 5 nitrogen and oxygen atoms in total. The van der Waals surface area contributed by atoms with Crippen LogP contribution in [0.5, 0.6) is 0 Å². The molecule has 0 saturated carbocycles. The molecule has 191 valence electrons. The molecule has 0 aliphatic heterocycles. The van der Waals surface area contributed by atoms with E-state index in [2.05, 4.69) is 21.0 Å². The number of nitrogens with zero attached hydrogens (tertiary/aromatic N) is 3. The Labute approximate surface area is 226 Å². The summed E-state index contributed by atoms with van der Waals surface area (Å²) in [7, 11) is 0. The fraction of sp³-hybridized carbons (Fsp3) is 0. The number of aromatic nitrogens is 3. The maximum absolute atomic E-state index is 14.8. The molecule has 0 amide bonds. The Balaban J connectivity index is 0.000000288. The first-order chi connectivity index (χ1) is 17.9. The van der Waals surface area contributed by atoms with E-state index in [0.717, 1.165) is 0 Å². The van der Waals surface area contributed by atoms with Gasteiger partial charge in [0.15, 0.2) is 23.3 Å². The number of benzene rings is 4. The van der Waals surface area contributed by atoms with Crippen LogP contribution in [-0.2, 0) is 20.1 Å². The third-order valence-corrected chi connectivity index (χ3v) is 5.59. The number of halogens is 4. The minimum atomic E-state index is -1.88. The van der Waals surface area contributed by atoms with Crippen LogP contribution in [0.25, 0.3) is 43.8 Å². The Morgan fingerprint density at radius 3 is 2.08 bits per heavy atom. The first kappa shape index (κ1) is 26.8. The number of hydrogen-bond acceptors (Lipinski definition) is 4. The molecule has 0 saturated heterocycles. The van der Waals surface area contributed by atoms with Gasteiger partial charge in [0.25, 0.3) is 0 Å². The number of carboxylic acid groups (broad SMARTS) is 1. The van der Waals surface area contributed by atoms with Crippen LogP contribution in [0.15, 0.2) is 79.1 Å². The molecule has 0 unspecified atom stereocenters. The number of hydrogen-bond donors (Lipinski definition) is 1. The normalized spacial score (nSPS) is 10.6. The molecule has 2 aromatic heterocycles. The molecule has 1 N–H and O–H groups in total. The van der Waals surface area contributed by atoms with Crippen LogP contribution in [0.2, 0.25) is 0 Å². The average Bonchev–Trinajstić information content (AvgIpc) is 2.95. The van der Waals surface area contributed by atoms with Gasteiger partial charge in [-0.2, -0.15) is 0 Å². The Bertz CT molecular complexity index is 1800. The minimum Gasteiger partial charge on any atom is -0.477 e. The predicted molar refractivity (Wildman–Crippen MR) is 130 cm³/mol. The number of rotatable bonds is 2. The third kappa shape index (κ3) is 4.71. The molecule has 6 rings (SSSR count). The second-order valence-electron chi connectivity index (χ2n) is 7.80. The maximum Gasteiger partial charge on any atom is 0.354 e. The quantitative estimate of drug-likeness (QED) is 0.0716. The van der Waals surface area contributed by atoms with Crippen LogP contribution >= 0.6 is 0 Å². The van der Waals surface area contributed by atoms with Crippen LogP contribution in [-0.4, -0.2) is 26.0 Å². The van der Waals surface area contributed by atoms with Gasteiger partial charge in [-0.05, 0) is 17.5 Å². The van der Waals surface area contributed by atoms with E-state index in [1.807, 2.05) is 6.07 Å². The summed E-state index contributed by atoms with van der Waals surface area (Å²) in [5.74, 6) is -7.69. The molecule has 2 heterocycles. The zero-order valence-electron chi connectivity index (χ0n) is 19.0. The van der Waals surface area contributed by atoms with E-state index in [0.29, 0.717) is 16.6 Å². The Morgan fingerprint density at radius 2 is 1.45 bits per heavy atom. The van der Waals surface area contributed by atoms with Gasteiger partial charge in [0, 0.05) is 49.0 Å². The zero-order chi connectivity index (χ0) is 26.1. The first-order valence-electron chi connectivity index (χ1n) is 10.8. The van der Waals surface area contributed by atoms with Crippen LogP contribution < -0.4 is 0 Å². The second-order valence-corrected chi connectivity index (χ2v) is 7.80. The van der Waals surface area contributed by atoms with Gasteiger partial charge in [0.2, 0.25) is 0 Å². The molecule has 0 aliphatic carbocycles. The molecular weight excluding hydrogens is 679 g/mol. The standard InChI is InChI=1S/C22H9F4N2.C6H5NO2.Ir/c23-17-15-12-8-4-5-9-13(12)21-22(16(15)18(24)20(26)19(17)25)28-14(10-27-21)11-6-2-1-3-7-11;8-6(9)5-3-1-2-4-7-5;/h1-8,10H;1-4H,(H,8,9);/q-1;;. The molecule has 0 aliphatic rings. The SMILES string of the molecule is Fc1c(F)c(F)c2c3nc(-c4ccccc4)cnc3c3[c-]cccc3c2c1F.O=C(O)c1ccccn1.[Ir]. The van der Waals surface area contributed by atoms with Crippen molar-refractivity contribution in [1.29, 1.82) is 0 Å². The maximum atomic E-state index is 14.8. The summed E-state index contributed by atoms with van der Waals surface area (Å²) in [4.78, 5) is 22.5. The molecule has 0 fully saturated rings. The van der Waals surface area contributed by atoms with Crippen molar-refractivity contribution in [2.45, 2.75) is 0 Å². The van der Waals surface area contributed by atoms with Crippen molar-refractivity contribution in [1.82, 2.24) is 15.0 Å². The summed E-state index contributed by atoms with van der Waals surface area (Å²) < 4.78 is 57.4. The third-order valence-electron chi connectivity index (χ3n) is 5.59. The Hall–Kier alpha value is -4.27. The van der Waals surface area contributed by atoms with Crippen molar-refractivity contribution >= 4 is 38.5 Å². The van der Waals surface area contributed by atoms with Crippen LogP contribution in [0, 0.1) is 29.3 Å². The fourth-order valence-corrected chi connectivity index (χ4v) is 3.93. The number of carbonyl (C=O) groups is 1. The topological polar surface area (TPSA) is 76.0 Å². The number of carboxylic acids is 1. The van der Waals surface area contributed by atoms with E-state index in [1.54, 1.807) is 48.5 Å². The van der Waals surface area contributed by atoms with E-state index < -0.39 is 34.6 Å². The van der Waals surface area contributed by atoms with Crippen LogP contribution in [0.1, 0.15) is 10.5 Å². The van der Waals surface area contributed by atoms with E-state index in [-0.39, 0.29) is 47.6 Å². The summed E-state index contributed by atoms with van der Waals surface area (Å²) >= 11 is 0. The van der Waals surface area contributed by atoms with E-state index in [9.17, 15) is 22.4 Å². The summed E-state index contributed by atoms with van der Waals surface area (Å²) in [5.41, 5.74) is 1.35. The van der Waals surface area contributed by atoms with Gasteiger partial charge in [-0.25, -0.2) is 27.3 Å². The van der Waals surface area contributed by atoms with Gasteiger partial charge in [0.05, 0.1) is 11.2 Å². The molecule has 1 radical (unpaired) electrons. The van der Waals surface area contributed by atoms with Crippen LogP contribution in [0.4, 0.5) is 17.6 Å². The van der Waals surface area contributed by atoms with Crippen molar-refractivity contribution < 1.29 is 47.6 Å². The van der Waals surface area contributed by atoms with Crippen LogP contribution in [0.3, 0.4) is 0 Å². The molecule has 6 aromatic rings. The minimum absolute atomic E-state index is 0. The second kappa shape index (κ2) is 11.0. The fourth-order valence-electron chi connectivity index (χ4n) is 3.93. The Kier molecular flexibility index (Phi) is 7.75. The van der Waals surface area contributed by atoms with Crippen molar-refractivity contribution in [2.24, 2.45) is 0 Å². The molecule has 4 aromatic carbocycles. The van der Waals surface area contributed by atoms with Gasteiger partial charge in [-0.3, -0.25) is 4.98 Å². The molecular formula is C28H14F4IrN3O2-. The molecule has 0 spiro atoms. The first-order valence-corrected chi connectivity index (χ1v) is 10.8. The summed E-state index contributed by atoms with van der Waals surface area (Å²) in [6.07, 6.45) is 2.95. The van der Waals surface area contributed by atoms with Gasteiger partial charge < -0.3 is 10.1 Å². The molecule has 0 atom stereocenters. The molecule has 0 bridgehead atoms. The van der Waals surface area contributed by atoms with E-state index >= 15 is 0 Å². The molecule has 38 heavy (non-hydrogen) atoms. The number of aromatic carboxylic acids is 1. The Morgan fingerprint density at radius 1 is 0.763 bits per heavy atom. The van der Waals surface area contributed by atoms with Gasteiger partial charge in [-0.15, -0.1) is 29.7 Å². The van der Waals surface area contributed by atoms with Crippen molar-refractivity contribution in [3.8, 4) is 11.3 Å².